The maximum atomic E-state index is 6.42. The second kappa shape index (κ2) is 6.83. The Morgan fingerprint density at radius 1 is 1.00 bits per heavy atom. The lowest BCUT2D eigenvalue weighted by Gasteiger charge is -2.27. The number of nitrogens with one attached hydrogen (secondary N) is 1. The number of rotatable bonds is 3. The first-order chi connectivity index (χ1) is 7.86. The Kier molecular flexibility index (Phi) is 5.40. The van der Waals surface area contributed by atoms with Crippen LogP contribution in [0.4, 0.5) is 0 Å². The molecule has 0 spiro atoms. The van der Waals surface area contributed by atoms with Gasteiger partial charge in [-0.25, -0.2) is 0 Å². The summed E-state index contributed by atoms with van der Waals surface area (Å²) >= 11 is 6.42. The van der Waals surface area contributed by atoms with Gasteiger partial charge >= 0.3 is 0 Å². The van der Waals surface area contributed by atoms with Crippen LogP contribution in [0.3, 0.4) is 0 Å². The molecule has 2 atom stereocenters. The van der Waals surface area contributed by atoms with E-state index in [4.69, 9.17) is 16.3 Å². The van der Waals surface area contributed by atoms with E-state index in [-0.39, 0.29) is 0 Å². The van der Waals surface area contributed by atoms with E-state index in [9.17, 15) is 0 Å². The standard InChI is InChI=1S/C13H24ClNO/c14-12-4-2-1-3-5-13(12)15-10-11-6-8-16-9-7-11/h11-13,15H,1-10H2. The predicted molar refractivity (Wildman–Crippen MR) is 68.1 cm³/mol. The van der Waals surface area contributed by atoms with Gasteiger partial charge in [-0.3, -0.25) is 0 Å². The Hall–Kier alpha value is 0.210. The fourth-order valence-electron chi connectivity index (χ4n) is 2.76. The molecule has 1 saturated heterocycles. The molecule has 2 aliphatic rings. The summed E-state index contributed by atoms with van der Waals surface area (Å²) in [6.07, 6.45) is 8.89. The minimum absolute atomic E-state index is 0.349. The highest BCUT2D eigenvalue weighted by Gasteiger charge is 2.22. The van der Waals surface area contributed by atoms with E-state index in [1.165, 1.54) is 44.9 Å². The fraction of sp³-hybridized carbons (Fsp3) is 1.00. The zero-order valence-corrected chi connectivity index (χ0v) is 10.8. The van der Waals surface area contributed by atoms with Crippen LogP contribution < -0.4 is 5.32 Å². The first kappa shape index (κ1) is 12.7. The molecule has 1 N–H and O–H groups in total. The molecular weight excluding hydrogens is 222 g/mol. The van der Waals surface area contributed by atoms with E-state index in [2.05, 4.69) is 5.32 Å². The van der Waals surface area contributed by atoms with Crippen LogP contribution >= 0.6 is 11.6 Å². The molecule has 3 heteroatoms. The van der Waals surface area contributed by atoms with Crippen molar-refractivity contribution in [1.29, 1.82) is 0 Å². The quantitative estimate of drug-likeness (QED) is 0.610. The van der Waals surface area contributed by atoms with Crippen LogP contribution in [0.5, 0.6) is 0 Å². The average Bonchev–Trinajstić information content (AvgIpc) is 2.53. The monoisotopic (exact) mass is 245 g/mol. The van der Waals surface area contributed by atoms with Crippen molar-refractivity contribution in [3.05, 3.63) is 0 Å². The third-order valence-electron chi connectivity index (χ3n) is 3.94. The molecule has 1 aliphatic carbocycles. The van der Waals surface area contributed by atoms with E-state index in [1.54, 1.807) is 0 Å². The van der Waals surface area contributed by atoms with Gasteiger partial charge < -0.3 is 10.1 Å². The Bertz CT molecular complexity index is 194. The topological polar surface area (TPSA) is 21.3 Å². The highest BCUT2D eigenvalue weighted by molar-refractivity contribution is 6.21. The molecule has 0 aromatic rings. The van der Waals surface area contributed by atoms with Crippen molar-refractivity contribution in [2.75, 3.05) is 19.8 Å². The van der Waals surface area contributed by atoms with Crippen LogP contribution in [0, 0.1) is 5.92 Å². The van der Waals surface area contributed by atoms with Crippen LogP contribution in [0.15, 0.2) is 0 Å². The number of hydrogen-bond acceptors (Lipinski definition) is 2. The molecule has 1 saturated carbocycles. The predicted octanol–water partition coefficient (Wildman–Crippen LogP) is 2.94. The van der Waals surface area contributed by atoms with Gasteiger partial charge in [-0.05, 0) is 38.1 Å². The van der Waals surface area contributed by atoms with E-state index >= 15 is 0 Å². The molecule has 0 bridgehead atoms. The summed E-state index contributed by atoms with van der Waals surface area (Å²) in [5.74, 6) is 0.806. The number of ether oxygens (including phenoxy) is 1. The molecule has 2 rings (SSSR count). The molecule has 0 radical (unpaired) electrons. The van der Waals surface area contributed by atoms with Crippen LogP contribution in [0.25, 0.3) is 0 Å². The zero-order chi connectivity index (χ0) is 11.2. The van der Waals surface area contributed by atoms with E-state index in [0.717, 1.165) is 25.7 Å². The summed E-state index contributed by atoms with van der Waals surface area (Å²) in [7, 11) is 0. The largest absolute Gasteiger partial charge is 0.381 e. The minimum atomic E-state index is 0.349. The molecule has 16 heavy (non-hydrogen) atoms. The summed E-state index contributed by atoms with van der Waals surface area (Å²) in [4.78, 5) is 0. The lowest BCUT2D eigenvalue weighted by atomic mass is 9.99. The molecule has 1 aliphatic heterocycles. The van der Waals surface area contributed by atoms with Gasteiger partial charge in [0.15, 0.2) is 0 Å². The molecular formula is C13H24ClNO. The minimum Gasteiger partial charge on any atom is -0.381 e. The maximum Gasteiger partial charge on any atom is 0.0489 e. The Morgan fingerprint density at radius 3 is 2.56 bits per heavy atom. The number of halogens is 1. The highest BCUT2D eigenvalue weighted by Crippen LogP contribution is 2.23. The normalized spacial score (nSPS) is 33.6. The molecule has 1 heterocycles. The molecule has 0 amide bonds. The van der Waals surface area contributed by atoms with Gasteiger partial charge in [0.25, 0.3) is 0 Å². The van der Waals surface area contributed by atoms with Crippen molar-refractivity contribution in [3.8, 4) is 0 Å². The SMILES string of the molecule is ClC1CCCCCC1NCC1CCOCC1. The highest BCUT2D eigenvalue weighted by atomic mass is 35.5. The van der Waals surface area contributed by atoms with Gasteiger partial charge in [-0.15, -0.1) is 11.6 Å². The van der Waals surface area contributed by atoms with Crippen LogP contribution in [-0.2, 0) is 4.74 Å². The third kappa shape index (κ3) is 3.90. The van der Waals surface area contributed by atoms with Crippen LogP contribution in [0.2, 0.25) is 0 Å². The van der Waals surface area contributed by atoms with Crippen molar-refractivity contribution in [1.82, 2.24) is 5.32 Å². The lowest BCUT2D eigenvalue weighted by Crippen LogP contribution is -2.40. The average molecular weight is 246 g/mol. The summed E-state index contributed by atoms with van der Waals surface area (Å²) in [5.41, 5.74) is 0. The van der Waals surface area contributed by atoms with Crippen molar-refractivity contribution in [2.24, 2.45) is 5.92 Å². The summed E-state index contributed by atoms with van der Waals surface area (Å²) < 4.78 is 5.38. The van der Waals surface area contributed by atoms with Gasteiger partial charge in [-0.1, -0.05) is 19.3 Å². The molecule has 2 fully saturated rings. The smallest absolute Gasteiger partial charge is 0.0489 e. The first-order valence-corrected chi connectivity index (χ1v) is 7.25. The van der Waals surface area contributed by atoms with Crippen molar-refractivity contribution in [3.63, 3.8) is 0 Å². The maximum absolute atomic E-state index is 6.42. The van der Waals surface area contributed by atoms with Gasteiger partial charge in [0, 0.05) is 24.6 Å². The van der Waals surface area contributed by atoms with E-state index in [1.807, 2.05) is 0 Å². The fourth-order valence-corrected chi connectivity index (χ4v) is 3.13. The molecule has 0 aromatic carbocycles. The molecule has 0 aromatic heterocycles. The van der Waals surface area contributed by atoms with Crippen molar-refractivity contribution < 1.29 is 4.74 Å². The van der Waals surface area contributed by atoms with Gasteiger partial charge in [0.1, 0.15) is 0 Å². The van der Waals surface area contributed by atoms with Crippen molar-refractivity contribution >= 4 is 11.6 Å². The number of hydrogen-bond donors (Lipinski definition) is 1. The Labute approximate surface area is 104 Å². The second-order valence-electron chi connectivity index (χ2n) is 5.22. The summed E-state index contributed by atoms with van der Waals surface area (Å²) in [6, 6.07) is 0.548. The summed E-state index contributed by atoms with van der Waals surface area (Å²) in [5, 5.41) is 4.04. The van der Waals surface area contributed by atoms with Gasteiger partial charge in [-0.2, -0.15) is 0 Å². The van der Waals surface area contributed by atoms with Crippen LogP contribution in [0.1, 0.15) is 44.9 Å². The lowest BCUT2D eigenvalue weighted by molar-refractivity contribution is 0.0653. The molecule has 2 nitrogen and oxygen atoms in total. The Balaban J connectivity index is 1.70. The summed E-state index contributed by atoms with van der Waals surface area (Å²) in [6.45, 7) is 3.03. The Morgan fingerprint density at radius 2 is 1.75 bits per heavy atom. The first-order valence-electron chi connectivity index (χ1n) is 6.81. The number of alkyl halides is 1. The molecule has 94 valence electrons. The van der Waals surface area contributed by atoms with E-state index in [0.29, 0.717) is 11.4 Å². The van der Waals surface area contributed by atoms with Gasteiger partial charge in [0.2, 0.25) is 0 Å². The molecule has 2 unspecified atom stereocenters. The van der Waals surface area contributed by atoms with Gasteiger partial charge in [0.05, 0.1) is 0 Å². The third-order valence-corrected chi connectivity index (χ3v) is 4.46. The zero-order valence-electron chi connectivity index (χ0n) is 10.1. The van der Waals surface area contributed by atoms with E-state index < -0.39 is 0 Å². The second-order valence-corrected chi connectivity index (χ2v) is 5.79. The van der Waals surface area contributed by atoms with Crippen molar-refractivity contribution in [2.45, 2.75) is 56.4 Å². The van der Waals surface area contributed by atoms with Crippen LogP contribution in [-0.4, -0.2) is 31.2 Å².